The van der Waals surface area contributed by atoms with E-state index >= 15 is 0 Å². The van der Waals surface area contributed by atoms with Crippen molar-refractivity contribution < 1.29 is 14.6 Å². The summed E-state index contributed by atoms with van der Waals surface area (Å²) in [4.78, 5) is 0. The van der Waals surface area contributed by atoms with Crippen LogP contribution in [0.5, 0.6) is 11.5 Å². The van der Waals surface area contributed by atoms with E-state index in [2.05, 4.69) is 0 Å². The normalized spacial score (nSPS) is 11.8. The van der Waals surface area contributed by atoms with Gasteiger partial charge in [-0.05, 0) is 45.4 Å². The van der Waals surface area contributed by atoms with Crippen molar-refractivity contribution in [2.75, 3.05) is 13.2 Å². The zero-order valence-electron chi connectivity index (χ0n) is 11.6. The molecule has 0 fully saturated rings. The molecule has 3 nitrogen and oxygen atoms in total. The Bertz CT molecular complexity index is 406. The summed E-state index contributed by atoms with van der Waals surface area (Å²) < 4.78 is 11.0. The van der Waals surface area contributed by atoms with E-state index in [1.807, 2.05) is 52.0 Å². The Morgan fingerprint density at radius 1 is 1.17 bits per heavy atom. The van der Waals surface area contributed by atoms with E-state index in [1.54, 1.807) is 0 Å². The molecule has 0 saturated heterocycles. The van der Waals surface area contributed by atoms with Gasteiger partial charge in [0.25, 0.3) is 0 Å². The quantitative estimate of drug-likeness (QED) is 0.785. The average molecular weight is 250 g/mol. The van der Waals surface area contributed by atoms with Gasteiger partial charge in [-0.25, -0.2) is 0 Å². The van der Waals surface area contributed by atoms with Gasteiger partial charge in [-0.15, -0.1) is 0 Å². The van der Waals surface area contributed by atoms with Crippen LogP contribution >= 0.6 is 0 Å². The molecule has 1 N–H and O–H groups in total. The Kier molecular flexibility index (Phi) is 5.72. The summed E-state index contributed by atoms with van der Waals surface area (Å²) in [5.74, 6) is 1.39. The lowest BCUT2D eigenvalue weighted by Crippen LogP contribution is -2.01. The second-order valence-electron chi connectivity index (χ2n) is 4.26. The summed E-state index contributed by atoms with van der Waals surface area (Å²) in [6, 6.07) is 5.53. The minimum atomic E-state index is -0.607. The molecule has 0 saturated carbocycles. The van der Waals surface area contributed by atoms with E-state index in [1.165, 1.54) is 0 Å². The van der Waals surface area contributed by atoms with Crippen LogP contribution in [0.25, 0.3) is 0 Å². The van der Waals surface area contributed by atoms with Gasteiger partial charge in [0.15, 0.2) is 11.5 Å². The molecule has 1 aromatic rings. The molecule has 1 unspecified atom stereocenters. The summed E-state index contributed by atoms with van der Waals surface area (Å²) >= 11 is 0. The Hall–Kier alpha value is -1.48. The minimum absolute atomic E-state index is 0.572. The minimum Gasteiger partial charge on any atom is -0.490 e. The third kappa shape index (κ3) is 4.08. The second kappa shape index (κ2) is 7.07. The number of allylic oxidation sites excluding steroid dienone is 1. The predicted octanol–water partition coefficient (Wildman–Crippen LogP) is 3.48. The molecule has 3 heteroatoms. The second-order valence-corrected chi connectivity index (χ2v) is 4.26. The third-order valence-corrected chi connectivity index (χ3v) is 2.40. The molecule has 0 aromatic heterocycles. The molecular formula is C15H22O3. The van der Waals surface area contributed by atoms with Crippen LogP contribution in [0.1, 0.15) is 39.4 Å². The van der Waals surface area contributed by atoms with E-state index in [0.717, 1.165) is 11.1 Å². The molecule has 1 rings (SSSR count). The fourth-order valence-corrected chi connectivity index (χ4v) is 1.66. The Morgan fingerprint density at radius 3 is 2.33 bits per heavy atom. The van der Waals surface area contributed by atoms with Gasteiger partial charge >= 0.3 is 0 Å². The topological polar surface area (TPSA) is 38.7 Å². The van der Waals surface area contributed by atoms with E-state index in [-0.39, 0.29) is 0 Å². The van der Waals surface area contributed by atoms with E-state index in [0.29, 0.717) is 24.7 Å². The van der Waals surface area contributed by atoms with Crippen molar-refractivity contribution in [2.45, 2.75) is 33.8 Å². The van der Waals surface area contributed by atoms with Crippen LogP contribution in [-0.2, 0) is 0 Å². The lowest BCUT2D eigenvalue weighted by atomic mass is 10.1. The first kappa shape index (κ1) is 14.6. The summed E-state index contributed by atoms with van der Waals surface area (Å²) in [5.41, 5.74) is 1.89. The maximum atomic E-state index is 10.0. The van der Waals surface area contributed by atoms with Crippen molar-refractivity contribution in [1.82, 2.24) is 0 Å². The van der Waals surface area contributed by atoms with Crippen LogP contribution < -0.4 is 9.47 Å². The Labute approximate surface area is 109 Å². The first-order valence-corrected chi connectivity index (χ1v) is 6.31. The number of rotatable bonds is 6. The van der Waals surface area contributed by atoms with Gasteiger partial charge in [-0.2, -0.15) is 0 Å². The van der Waals surface area contributed by atoms with Crippen molar-refractivity contribution >= 4 is 0 Å². The number of benzene rings is 1. The van der Waals surface area contributed by atoms with Crippen LogP contribution in [0.4, 0.5) is 0 Å². The largest absolute Gasteiger partial charge is 0.490 e. The SMILES string of the molecule is CCOc1ccc(C(O)C=C(C)C)cc1OCC. The smallest absolute Gasteiger partial charge is 0.161 e. The monoisotopic (exact) mass is 250 g/mol. The van der Waals surface area contributed by atoms with E-state index in [9.17, 15) is 5.11 Å². The lowest BCUT2D eigenvalue weighted by Gasteiger charge is -2.14. The Balaban J connectivity index is 3.02. The molecular weight excluding hydrogens is 228 g/mol. The number of hydrogen-bond acceptors (Lipinski definition) is 3. The summed E-state index contributed by atoms with van der Waals surface area (Å²) in [7, 11) is 0. The van der Waals surface area contributed by atoms with E-state index in [4.69, 9.17) is 9.47 Å². The zero-order valence-corrected chi connectivity index (χ0v) is 11.6. The maximum Gasteiger partial charge on any atom is 0.161 e. The first-order valence-electron chi connectivity index (χ1n) is 6.31. The first-order chi connectivity index (χ1) is 8.58. The van der Waals surface area contributed by atoms with Gasteiger partial charge in [0.05, 0.1) is 19.3 Å². The van der Waals surface area contributed by atoms with Crippen LogP contribution in [0.2, 0.25) is 0 Å². The molecule has 0 aliphatic carbocycles. The molecule has 0 bridgehead atoms. The highest BCUT2D eigenvalue weighted by Gasteiger charge is 2.10. The number of hydrogen-bond donors (Lipinski definition) is 1. The molecule has 0 aliphatic heterocycles. The highest BCUT2D eigenvalue weighted by atomic mass is 16.5. The number of ether oxygens (including phenoxy) is 2. The van der Waals surface area contributed by atoms with Crippen LogP contribution in [0.3, 0.4) is 0 Å². The van der Waals surface area contributed by atoms with Crippen molar-refractivity contribution in [2.24, 2.45) is 0 Å². The van der Waals surface area contributed by atoms with Crippen molar-refractivity contribution in [3.63, 3.8) is 0 Å². The van der Waals surface area contributed by atoms with Gasteiger partial charge in [-0.1, -0.05) is 17.7 Å². The van der Waals surface area contributed by atoms with Crippen LogP contribution in [-0.4, -0.2) is 18.3 Å². The molecule has 1 atom stereocenters. The maximum absolute atomic E-state index is 10.0. The van der Waals surface area contributed by atoms with Gasteiger partial charge in [0.1, 0.15) is 0 Å². The fourth-order valence-electron chi connectivity index (χ4n) is 1.66. The molecule has 18 heavy (non-hydrogen) atoms. The van der Waals surface area contributed by atoms with Crippen LogP contribution in [0, 0.1) is 0 Å². The summed E-state index contributed by atoms with van der Waals surface area (Å²) in [6.45, 7) is 8.94. The molecule has 100 valence electrons. The lowest BCUT2D eigenvalue weighted by molar-refractivity contribution is 0.226. The zero-order chi connectivity index (χ0) is 13.5. The number of aliphatic hydroxyl groups excluding tert-OH is 1. The van der Waals surface area contributed by atoms with Gasteiger partial charge in [0.2, 0.25) is 0 Å². The standard InChI is InChI=1S/C15H22O3/c1-5-17-14-8-7-12(10-15(14)18-6-2)13(16)9-11(3)4/h7-10,13,16H,5-6H2,1-4H3. The molecule has 1 aromatic carbocycles. The molecule has 0 radical (unpaired) electrons. The van der Waals surface area contributed by atoms with Gasteiger partial charge in [0, 0.05) is 0 Å². The molecule has 0 heterocycles. The molecule has 0 amide bonds. The fraction of sp³-hybridized carbons (Fsp3) is 0.467. The average Bonchev–Trinajstić information content (AvgIpc) is 2.31. The summed E-state index contributed by atoms with van der Waals surface area (Å²) in [6.07, 6.45) is 1.20. The summed E-state index contributed by atoms with van der Waals surface area (Å²) in [5, 5.41) is 10.0. The predicted molar refractivity (Wildman–Crippen MR) is 73.2 cm³/mol. The van der Waals surface area contributed by atoms with Crippen molar-refractivity contribution in [3.8, 4) is 11.5 Å². The van der Waals surface area contributed by atoms with E-state index < -0.39 is 6.10 Å². The Morgan fingerprint density at radius 2 is 1.78 bits per heavy atom. The number of aliphatic hydroxyl groups is 1. The third-order valence-electron chi connectivity index (χ3n) is 2.40. The molecule has 0 aliphatic rings. The highest BCUT2D eigenvalue weighted by molar-refractivity contribution is 5.44. The van der Waals surface area contributed by atoms with Gasteiger partial charge in [-0.3, -0.25) is 0 Å². The van der Waals surface area contributed by atoms with Crippen LogP contribution in [0.15, 0.2) is 29.8 Å². The highest BCUT2D eigenvalue weighted by Crippen LogP contribution is 2.31. The van der Waals surface area contributed by atoms with Crippen molar-refractivity contribution in [1.29, 1.82) is 0 Å². The molecule has 0 spiro atoms. The van der Waals surface area contributed by atoms with Gasteiger partial charge < -0.3 is 14.6 Å². The van der Waals surface area contributed by atoms with Crippen molar-refractivity contribution in [3.05, 3.63) is 35.4 Å².